The van der Waals surface area contributed by atoms with Gasteiger partial charge in [-0.05, 0) is 42.5 Å². The number of para-hydroxylation sites is 1. The summed E-state index contributed by atoms with van der Waals surface area (Å²) in [7, 11) is 0. The van der Waals surface area contributed by atoms with Gasteiger partial charge in [-0.15, -0.1) is 22.7 Å². The summed E-state index contributed by atoms with van der Waals surface area (Å²) in [4.78, 5) is 0. The first-order valence-electron chi connectivity index (χ1n) is 11.1. The van der Waals surface area contributed by atoms with Crippen LogP contribution in [-0.2, 0) is 0 Å². The second-order valence-corrected chi connectivity index (χ2v) is 10.7. The molecule has 0 aliphatic heterocycles. The van der Waals surface area contributed by atoms with Gasteiger partial charge in [-0.3, -0.25) is 0 Å². The van der Waals surface area contributed by atoms with E-state index in [9.17, 15) is 0 Å². The maximum atomic E-state index is 2.44. The van der Waals surface area contributed by atoms with Crippen LogP contribution < -0.4 is 0 Å². The maximum Gasteiger partial charge on any atom is 0.0555 e. The molecule has 0 unspecified atom stereocenters. The lowest BCUT2D eigenvalue weighted by Crippen LogP contribution is -1.93. The lowest BCUT2D eigenvalue weighted by atomic mass is 10.1. The van der Waals surface area contributed by atoms with E-state index in [4.69, 9.17) is 0 Å². The van der Waals surface area contributed by atoms with Crippen molar-refractivity contribution in [2.45, 2.75) is 0 Å². The molecule has 0 aliphatic rings. The van der Waals surface area contributed by atoms with Crippen molar-refractivity contribution in [2.75, 3.05) is 0 Å². The van der Waals surface area contributed by atoms with Gasteiger partial charge in [0.15, 0.2) is 0 Å². The molecule has 0 aliphatic carbocycles. The highest BCUT2D eigenvalue weighted by atomic mass is 32.1. The number of aromatic nitrogens is 1. The van der Waals surface area contributed by atoms with Gasteiger partial charge in [-0.25, -0.2) is 0 Å². The molecule has 0 atom stereocenters. The van der Waals surface area contributed by atoms with Crippen LogP contribution in [0.15, 0.2) is 103 Å². The molecule has 0 saturated heterocycles. The van der Waals surface area contributed by atoms with Crippen LogP contribution in [0.3, 0.4) is 0 Å². The molecule has 0 spiro atoms. The average Bonchev–Trinajstić information content (AvgIpc) is 3.52. The smallest absolute Gasteiger partial charge is 0.0555 e. The Kier molecular flexibility index (Phi) is 3.48. The summed E-state index contributed by atoms with van der Waals surface area (Å²) in [6.45, 7) is 0. The molecule has 0 bridgehead atoms. The third-order valence-corrected chi connectivity index (χ3v) is 9.15. The van der Waals surface area contributed by atoms with Crippen LogP contribution in [0.2, 0.25) is 0 Å². The van der Waals surface area contributed by atoms with Crippen LogP contribution in [0.25, 0.3) is 67.8 Å². The average molecular weight is 456 g/mol. The molecule has 3 aromatic heterocycles. The summed E-state index contributed by atoms with van der Waals surface area (Å²) in [6, 6.07) is 37.9. The number of thiophene rings is 2. The molecule has 1 nitrogen and oxygen atoms in total. The Labute approximate surface area is 197 Å². The Morgan fingerprint density at radius 1 is 0.455 bits per heavy atom. The SMILES string of the molecule is c1ccc2c(c1)sc1ccc(-n3c4ccccc4c4c5sc6ccccc6c5ccc43)cc12. The van der Waals surface area contributed by atoms with Crippen molar-refractivity contribution < 1.29 is 0 Å². The van der Waals surface area contributed by atoms with E-state index in [2.05, 4.69) is 108 Å². The Morgan fingerprint density at radius 2 is 1.12 bits per heavy atom. The van der Waals surface area contributed by atoms with Crippen molar-refractivity contribution in [3.05, 3.63) is 103 Å². The number of hydrogen-bond donors (Lipinski definition) is 0. The Hall–Kier alpha value is -3.66. The van der Waals surface area contributed by atoms with Crippen molar-refractivity contribution in [3.63, 3.8) is 0 Å². The summed E-state index contributed by atoms with van der Waals surface area (Å²) >= 11 is 3.78. The normalized spacial score (nSPS) is 12.2. The Bertz CT molecular complexity index is 2030. The van der Waals surface area contributed by atoms with Gasteiger partial charge in [0.1, 0.15) is 0 Å². The second kappa shape index (κ2) is 6.44. The highest BCUT2D eigenvalue weighted by Crippen LogP contribution is 2.43. The quantitative estimate of drug-likeness (QED) is 0.232. The van der Waals surface area contributed by atoms with Gasteiger partial charge in [0.25, 0.3) is 0 Å². The van der Waals surface area contributed by atoms with Gasteiger partial charge in [0.05, 0.1) is 11.0 Å². The largest absolute Gasteiger partial charge is 0.309 e. The van der Waals surface area contributed by atoms with Gasteiger partial charge < -0.3 is 4.57 Å². The van der Waals surface area contributed by atoms with Crippen LogP contribution in [0.5, 0.6) is 0 Å². The fourth-order valence-electron chi connectivity index (χ4n) is 5.37. The first-order valence-corrected chi connectivity index (χ1v) is 12.8. The minimum absolute atomic E-state index is 1.22. The van der Waals surface area contributed by atoms with E-state index >= 15 is 0 Å². The third kappa shape index (κ3) is 2.36. The maximum absolute atomic E-state index is 2.44. The fraction of sp³-hybridized carbons (Fsp3) is 0. The molecule has 0 N–H and O–H groups in total. The summed E-state index contributed by atoms with van der Waals surface area (Å²) in [5.74, 6) is 0. The van der Waals surface area contributed by atoms with Crippen LogP contribution >= 0.6 is 22.7 Å². The Balaban J connectivity index is 1.53. The van der Waals surface area contributed by atoms with Crippen molar-refractivity contribution >= 4 is 84.8 Å². The summed E-state index contributed by atoms with van der Waals surface area (Å²) in [5, 5.41) is 8.06. The topological polar surface area (TPSA) is 4.93 Å². The van der Waals surface area contributed by atoms with E-state index in [0.29, 0.717) is 0 Å². The lowest BCUT2D eigenvalue weighted by molar-refractivity contribution is 1.19. The monoisotopic (exact) mass is 455 g/mol. The zero-order chi connectivity index (χ0) is 21.5. The van der Waals surface area contributed by atoms with E-state index in [1.54, 1.807) is 0 Å². The minimum atomic E-state index is 1.22. The number of benzene rings is 5. The molecule has 8 aromatic rings. The molecular formula is C30H17NS2. The summed E-state index contributed by atoms with van der Waals surface area (Å²) in [5.41, 5.74) is 3.75. The second-order valence-electron chi connectivity index (χ2n) is 8.57. The molecule has 33 heavy (non-hydrogen) atoms. The molecule has 154 valence electrons. The lowest BCUT2D eigenvalue weighted by Gasteiger charge is -2.08. The van der Waals surface area contributed by atoms with E-state index < -0.39 is 0 Å². The van der Waals surface area contributed by atoms with Crippen LogP contribution in [0, 0.1) is 0 Å². The number of fused-ring (bicyclic) bond motifs is 10. The molecule has 3 heterocycles. The number of hydrogen-bond acceptors (Lipinski definition) is 2. The fourth-order valence-corrected chi connectivity index (χ4v) is 7.71. The predicted molar refractivity (Wildman–Crippen MR) is 147 cm³/mol. The molecule has 0 saturated carbocycles. The van der Waals surface area contributed by atoms with Crippen molar-refractivity contribution in [1.82, 2.24) is 4.57 Å². The van der Waals surface area contributed by atoms with Crippen LogP contribution in [-0.4, -0.2) is 4.57 Å². The van der Waals surface area contributed by atoms with Gasteiger partial charge in [0, 0.05) is 56.8 Å². The third-order valence-electron chi connectivity index (χ3n) is 6.80. The van der Waals surface area contributed by atoms with E-state index in [0.717, 1.165) is 0 Å². The molecule has 0 fully saturated rings. The number of nitrogens with zero attached hydrogens (tertiary/aromatic N) is 1. The van der Waals surface area contributed by atoms with Crippen LogP contribution in [0.1, 0.15) is 0 Å². The zero-order valence-electron chi connectivity index (χ0n) is 17.6. The van der Waals surface area contributed by atoms with Crippen molar-refractivity contribution in [1.29, 1.82) is 0 Å². The molecule has 0 amide bonds. The van der Waals surface area contributed by atoms with Crippen LogP contribution in [0.4, 0.5) is 0 Å². The minimum Gasteiger partial charge on any atom is -0.309 e. The molecular weight excluding hydrogens is 438 g/mol. The first-order chi connectivity index (χ1) is 16.4. The number of rotatable bonds is 1. The van der Waals surface area contributed by atoms with Crippen molar-refractivity contribution in [2.24, 2.45) is 0 Å². The summed E-state index contributed by atoms with van der Waals surface area (Å²) in [6.07, 6.45) is 0. The molecule has 5 aromatic carbocycles. The molecule has 0 radical (unpaired) electrons. The predicted octanol–water partition coefficient (Wildman–Crippen LogP) is 9.52. The first kappa shape index (κ1) is 17.8. The van der Waals surface area contributed by atoms with Crippen molar-refractivity contribution in [3.8, 4) is 5.69 Å². The highest BCUT2D eigenvalue weighted by Gasteiger charge is 2.17. The highest BCUT2D eigenvalue weighted by molar-refractivity contribution is 7.27. The van der Waals surface area contributed by atoms with E-state index in [1.165, 1.54) is 67.8 Å². The van der Waals surface area contributed by atoms with Gasteiger partial charge in [-0.2, -0.15) is 0 Å². The molecule has 3 heteroatoms. The van der Waals surface area contributed by atoms with Gasteiger partial charge in [0.2, 0.25) is 0 Å². The Morgan fingerprint density at radius 3 is 1.97 bits per heavy atom. The zero-order valence-corrected chi connectivity index (χ0v) is 19.2. The molecule has 8 rings (SSSR count). The van der Waals surface area contributed by atoms with Gasteiger partial charge in [-0.1, -0.05) is 60.7 Å². The van der Waals surface area contributed by atoms with E-state index in [-0.39, 0.29) is 0 Å². The van der Waals surface area contributed by atoms with E-state index in [1.807, 2.05) is 22.7 Å². The standard InChI is InChI=1S/C30H17NS2/c1-4-10-24-22(9-1)29-25(15-14-21-19-7-2-6-12-27(19)33-30(21)29)31(24)18-13-16-28-23(17-18)20-8-3-5-11-26(20)32-28/h1-17H. The van der Waals surface area contributed by atoms with Gasteiger partial charge >= 0.3 is 0 Å². The summed E-state index contributed by atoms with van der Waals surface area (Å²) < 4.78 is 7.86.